The zero-order valence-electron chi connectivity index (χ0n) is 15.6. The van der Waals surface area contributed by atoms with Crippen LogP contribution in [0.3, 0.4) is 0 Å². The summed E-state index contributed by atoms with van der Waals surface area (Å²) >= 11 is 0. The number of anilines is 2. The summed E-state index contributed by atoms with van der Waals surface area (Å²) in [5.74, 6) is -0.365. The molecular formula is C24H22N2O2. The molecular weight excluding hydrogens is 348 g/mol. The number of hydrogen-bond acceptors (Lipinski definition) is 2. The Bertz CT molecular complexity index is 942. The van der Waals surface area contributed by atoms with Gasteiger partial charge in [-0.05, 0) is 29.8 Å². The Morgan fingerprint density at radius 3 is 2.07 bits per heavy atom. The second-order valence-electron chi connectivity index (χ2n) is 6.99. The van der Waals surface area contributed by atoms with Crippen molar-refractivity contribution in [2.24, 2.45) is 5.92 Å². The lowest BCUT2D eigenvalue weighted by Crippen LogP contribution is -2.37. The summed E-state index contributed by atoms with van der Waals surface area (Å²) in [6.07, 6.45) is 0.242. The van der Waals surface area contributed by atoms with Gasteiger partial charge in [-0.2, -0.15) is 0 Å². The van der Waals surface area contributed by atoms with Crippen LogP contribution in [0.4, 0.5) is 11.4 Å². The summed E-state index contributed by atoms with van der Waals surface area (Å²) in [5, 5.41) is 0. The van der Waals surface area contributed by atoms with Gasteiger partial charge in [-0.3, -0.25) is 9.59 Å². The van der Waals surface area contributed by atoms with Gasteiger partial charge in [0.15, 0.2) is 0 Å². The lowest BCUT2D eigenvalue weighted by molar-refractivity contribution is -0.124. The van der Waals surface area contributed by atoms with E-state index in [9.17, 15) is 9.59 Å². The SMILES string of the molecule is O=C1CC(C(=O)N(Cc2ccccc2)c2ccccc2)CN1c1ccccc1. The number of benzene rings is 3. The van der Waals surface area contributed by atoms with E-state index in [1.807, 2.05) is 91.0 Å². The lowest BCUT2D eigenvalue weighted by Gasteiger charge is -2.26. The Hall–Kier alpha value is -3.40. The first-order valence-corrected chi connectivity index (χ1v) is 9.48. The van der Waals surface area contributed by atoms with Crippen molar-refractivity contribution < 1.29 is 9.59 Å². The highest BCUT2D eigenvalue weighted by molar-refractivity contribution is 6.04. The fraction of sp³-hybridized carbons (Fsp3) is 0.167. The molecule has 4 nitrogen and oxygen atoms in total. The first-order chi connectivity index (χ1) is 13.7. The third kappa shape index (κ3) is 3.81. The van der Waals surface area contributed by atoms with E-state index in [0.717, 1.165) is 16.9 Å². The van der Waals surface area contributed by atoms with Crippen LogP contribution in [0.1, 0.15) is 12.0 Å². The van der Waals surface area contributed by atoms with Crippen molar-refractivity contribution in [1.82, 2.24) is 0 Å². The fourth-order valence-corrected chi connectivity index (χ4v) is 3.62. The minimum atomic E-state index is -0.350. The maximum Gasteiger partial charge on any atom is 0.232 e. The summed E-state index contributed by atoms with van der Waals surface area (Å²) in [4.78, 5) is 29.5. The van der Waals surface area contributed by atoms with Gasteiger partial charge in [0.2, 0.25) is 11.8 Å². The molecule has 0 aromatic heterocycles. The van der Waals surface area contributed by atoms with Crippen molar-refractivity contribution >= 4 is 23.2 Å². The molecule has 0 spiro atoms. The number of carbonyl (C=O) groups excluding carboxylic acids is 2. The van der Waals surface area contributed by atoms with Crippen LogP contribution in [-0.2, 0) is 16.1 Å². The van der Waals surface area contributed by atoms with Crippen LogP contribution < -0.4 is 9.80 Å². The Balaban J connectivity index is 1.58. The van der Waals surface area contributed by atoms with Gasteiger partial charge in [0, 0.05) is 24.3 Å². The highest BCUT2D eigenvalue weighted by Crippen LogP contribution is 2.28. The van der Waals surface area contributed by atoms with Crippen LogP contribution in [-0.4, -0.2) is 18.4 Å². The molecule has 1 saturated heterocycles. The van der Waals surface area contributed by atoms with Crippen molar-refractivity contribution in [3.63, 3.8) is 0 Å². The predicted octanol–water partition coefficient (Wildman–Crippen LogP) is 4.27. The molecule has 1 atom stereocenters. The zero-order valence-corrected chi connectivity index (χ0v) is 15.6. The van der Waals surface area contributed by atoms with Crippen LogP contribution in [0.2, 0.25) is 0 Å². The van der Waals surface area contributed by atoms with Gasteiger partial charge >= 0.3 is 0 Å². The number of amides is 2. The normalized spacial score (nSPS) is 16.2. The summed E-state index contributed by atoms with van der Waals surface area (Å²) in [6.45, 7) is 0.902. The van der Waals surface area contributed by atoms with Gasteiger partial charge < -0.3 is 9.80 Å². The zero-order chi connectivity index (χ0) is 19.3. The Labute approximate surface area is 165 Å². The Kier molecular flexibility index (Phi) is 5.20. The minimum absolute atomic E-state index is 0.00253. The molecule has 1 unspecified atom stereocenters. The van der Waals surface area contributed by atoms with Crippen molar-refractivity contribution in [3.05, 3.63) is 96.6 Å². The van der Waals surface area contributed by atoms with Gasteiger partial charge in [0.05, 0.1) is 12.5 Å². The minimum Gasteiger partial charge on any atom is -0.312 e. The molecule has 4 rings (SSSR count). The largest absolute Gasteiger partial charge is 0.312 e. The van der Waals surface area contributed by atoms with Gasteiger partial charge in [0.25, 0.3) is 0 Å². The van der Waals surface area contributed by atoms with Crippen LogP contribution in [0.15, 0.2) is 91.0 Å². The molecule has 28 heavy (non-hydrogen) atoms. The number of carbonyl (C=O) groups is 2. The fourth-order valence-electron chi connectivity index (χ4n) is 3.62. The first-order valence-electron chi connectivity index (χ1n) is 9.48. The standard InChI is InChI=1S/C24H22N2O2/c27-23-16-20(18-25(23)21-12-6-2-7-13-21)24(28)26(22-14-8-3-9-15-22)17-19-10-4-1-5-11-19/h1-15,20H,16-18H2. The average molecular weight is 370 g/mol. The topological polar surface area (TPSA) is 40.6 Å². The second-order valence-corrected chi connectivity index (χ2v) is 6.99. The van der Waals surface area contributed by atoms with E-state index in [2.05, 4.69) is 0 Å². The predicted molar refractivity (Wildman–Crippen MR) is 111 cm³/mol. The maximum atomic E-state index is 13.4. The third-order valence-corrected chi connectivity index (χ3v) is 5.06. The van der Waals surface area contributed by atoms with E-state index in [0.29, 0.717) is 13.1 Å². The van der Waals surface area contributed by atoms with Crippen molar-refractivity contribution in [3.8, 4) is 0 Å². The molecule has 0 radical (unpaired) electrons. The molecule has 0 aliphatic carbocycles. The number of nitrogens with zero attached hydrogens (tertiary/aromatic N) is 2. The summed E-state index contributed by atoms with van der Waals surface area (Å²) < 4.78 is 0. The van der Waals surface area contributed by atoms with E-state index in [1.165, 1.54) is 0 Å². The van der Waals surface area contributed by atoms with Gasteiger partial charge in [-0.1, -0.05) is 66.7 Å². The first kappa shape index (κ1) is 18.0. The smallest absolute Gasteiger partial charge is 0.232 e. The van der Waals surface area contributed by atoms with Gasteiger partial charge in [0.1, 0.15) is 0 Å². The van der Waals surface area contributed by atoms with E-state index < -0.39 is 0 Å². The molecule has 1 aliphatic heterocycles. The molecule has 0 saturated carbocycles. The molecule has 2 amide bonds. The molecule has 3 aromatic rings. The third-order valence-electron chi connectivity index (χ3n) is 5.06. The van der Waals surface area contributed by atoms with Gasteiger partial charge in [-0.15, -0.1) is 0 Å². The molecule has 0 bridgehead atoms. The number of rotatable bonds is 5. The molecule has 1 fully saturated rings. The van der Waals surface area contributed by atoms with Crippen molar-refractivity contribution in [2.45, 2.75) is 13.0 Å². The summed E-state index contributed by atoms with van der Waals surface area (Å²) in [6, 6.07) is 29.1. The molecule has 3 aromatic carbocycles. The van der Waals surface area contributed by atoms with Crippen molar-refractivity contribution in [2.75, 3.05) is 16.3 Å². The summed E-state index contributed by atoms with van der Waals surface area (Å²) in [5.41, 5.74) is 2.75. The quantitative estimate of drug-likeness (QED) is 0.673. The van der Waals surface area contributed by atoms with Crippen molar-refractivity contribution in [1.29, 1.82) is 0 Å². The van der Waals surface area contributed by atoms with Gasteiger partial charge in [-0.25, -0.2) is 0 Å². The Morgan fingerprint density at radius 1 is 0.857 bits per heavy atom. The van der Waals surface area contributed by atoms with Crippen LogP contribution in [0.25, 0.3) is 0 Å². The highest BCUT2D eigenvalue weighted by atomic mass is 16.2. The molecule has 4 heteroatoms. The lowest BCUT2D eigenvalue weighted by atomic mass is 10.1. The molecule has 0 N–H and O–H groups in total. The molecule has 140 valence electrons. The summed E-state index contributed by atoms with van der Waals surface area (Å²) in [7, 11) is 0. The maximum absolute atomic E-state index is 13.4. The van der Waals surface area contributed by atoms with E-state index in [-0.39, 0.29) is 24.2 Å². The number of hydrogen-bond donors (Lipinski definition) is 0. The van der Waals surface area contributed by atoms with E-state index in [4.69, 9.17) is 0 Å². The molecule has 1 heterocycles. The highest BCUT2D eigenvalue weighted by Gasteiger charge is 2.37. The second kappa shape index (κ2) is 8.09. The van der Waals surface area contributed by atoms with Crippen LogP contribution >= 0.6 is 0 Å². The average Bonchev–Trinajstić information content (AvgIpc) is 3.15. The molecule has 1 aliphatic rings. The van der Waals surface area contributed by atoms with E-state index >= 15 is 0 Å². The van der Waals surface area contributed by atoms with Crippen LogP contribution in [0, 0.1) is 5.92 Å². The number of para-hydroxylation sites is 2. The Morgan fingerprint density at radius 2 is 1.43 bits per heavy atom. The van der Waals surface area contributed by atoms with Crippen LogP contribution in [0.5, 0.6) is 0 Å². The monoisotopic (exact) mass is 370 g/mol. The van der Waals surface area contributed by atoms with E-state index in [1.54, 1.807) is 9.80 Å².